The van der Waals surface area contributed by atoms with Crippen molar-refractivity contribution in [1.82, 2.24) is 19.2 Å². The van der Waals surface area contributed by atoms with Crippen LogP contribution >= 0.6 is 0 Å². The summed E-state index contributed by atoms with van der Waals surface area (Å²) in [6, 6.07) is 3.99. The third-order valence-electron chi connectivity index (χ3n) is 6.30. The topological polar surface area (TPSA) is 53.2 Å². The standard InChI is InChI=1S/C25H27N5O/c1-3-28-11-9-19(10-12-28)23-17-30-22(14-26-23)6-4-5-20(13-25(30)31)21-7-8-24-27-18(2)15-29(24)16-21/h4-8,13-17,19H,3,9-12H2,1-2H3/b5-4+,20-13+,22-6+. The van der Waals surface area contributed by atoms with E-state index in [1.807, 2.05) is 66.5 Å². The summed E-state index contributed by atoms with van der Waals surface area (Å²) >= 11 is 0. The van der Waals surface area contributed by atoms with Gasteiger partial charge in [-0.05, 0) is 68.7 Å². The number of nitrogens with zero attached hydrogens (tertiary/aromatic N) is 5. The second kappa shape index (κ2) is 8.12. The number of hydrogen-bond donors (Lipinski definition) is 0. The Kier molecular flexibility index (Phi) is 5.16. The minimum Gasteiger partial charge on any atom is -0.306 e. The fraction of sp³-hybridized carbons (Fsp3) is 0.320. The second-order valence-corrected chi connectivity index (χ2v) is 8.34. The van der Waals surface area contributed by atoms with E-state index in [9.17, 15) is 4.79 Å². The van der Waals surface area contributed by atoms with Gasteiger partial charge in [-0.3, -0.25) is 14.7 Å². The van der Waals surface area contributed by atoms with Crippen LogP contribution in [0.1, 0.15) is 31.0 Å². The summed E-state index contributed by atoms with van der Waals surface area (Å²) < 4.78 is 2.00. The van der Waals surface area contributed by atoms with Gasteiger partial charge in [-0.25, -0.2) is 4.98 Å². The molecule has 0 bridgehead atoms. The van der Waals surface area contributed by atoms with E-state index in [0.717, 1.165) is 66.3 Å². The lowest BCUT2D eigenvalue weighted by Gasteiger charge is -2.33. The number of piperidine rings is 1. The molecule has 2 aromatic rings. The first-order chi connectivity index (χ1) is 15.1. The number of carbonyl (C=O) groups is 1. The molecule has 6 nitrogen and oxygen atoms in total. The van der Waals surface area contributed by atoms with Crippen molar-refractivity contribution in [2.75, 3.05) is 19.6 Å². The molecule has 158 valence electrons. The Morgan fingerprint density at radius 2 is 2.00 bits per heavy atom. The number of fused-ring (bicyclic) bond motifs is 2. The van der Waals surface area contributed by atoms with Crippen molar-refractivity contribution in [2.45, 2.75) is 26.7 Å². The van der Waals surface area contributed by atoms with Gasteiger partial charge in [-0.1, -0.05) is 19.1 Å². The highest BCUT2D eigenvalue weighted by Crippen LogP contribution is 2.30. The number of allylic oxidation sites excluding steroid dienone is 6. The molecule has 1 amide bonds. The van der Waals surface area contributed by atoms with E-state index in [-0.39, 0.29) is 5.91 Å². The first kappa shape index (κ1) is 19.7. The molecule has 5 rings (SSSR count). The zero-order chi connectivity index (χ0) is 21.4. The Morgan fingerprint density at radius 3 is 2.81 bits per heavy atom. The fourth-order valence-electron chi connectivity index (χ4n) is 4.48. The zero-order valence-electron chi connectivity index (χ0n) is 18.0. The molecule has 2 aromatic heterocycles. The molecule has 31 heavy (non-hydrogen) atoms. The molecular formula is C25H27N5O. The van der Waals surface area contributed by atoms with E-state index in [1.165, 1.54) is 0 Å². The lowest BCUT2D eigenvalue weighted by atomic mass is 9.93. The third-order valence-corrected chi connectivity index (χ3v) is 6.30. The number of aliphatic imine (C=N–C) groups is 1. The Bertz CT molecular complexity index is 1170. The number of aryl methyl sites for hydroxylation is 1. The van der Waals surface area contributed by atoms with Gasteiger partial charge in [0.2, 0.25) is 0 Å². The van der Waals surface area contributed by atoms with E-state index in [0.29, 0.717) is 5.92 Å². The summed E-state index contributed by atoms with van der Waals surface area (Å²) in [6.45, 7) is 7.46. The molecular weight excluding hydrogens is 386 g/mol. The molecule has 0 N–H and O–H groups in total. The smallest absolute Gasteiger partial charge is 0.255 e. The molecule has 3 aliphatic rings. The number of likely N-dealkylation sites (tertiary alicyclic amines) is 1. The van der Waals surface area contributed by atoms with Crippen molar-refractivity contribution in [3.8, 4) is 0 Å². The van der Waals surface area contributed by atoms with E-state index < -0.39 is 0 Å². The Hall–Kier alpha value is -3.25. The van der Waals surface area contributed by atoms with Gasteiger partial charge in [0.1, 0.15) is 5.65 Å². The molecule has 3 aliphatic heterocycles. The van der Waals surface area contributed by atoms with Gasteiger partial charge in [0.15, 0.2) is 0 Å². The van der Waals surface area contributed by atoms with Crippen LogP contribution in [0.2, 0.25) is 0 Å². The number of carbonyl (C=O) groups excluding carboxylic acids is 1. The predicted octanol–water partition coefficient (Wildman–Crippen LogP) is 3.97. The summed E-state index contributed by atoms with van der Waals surface area (Å²) in [5, 5.41) is 0. The summed E-state index contributed by atoms with van der Waals surface area (Å²) in [5.41, 5.74) is 5.54. The Balaban J connectivity index is 1.43. The lowest BCUT2D eigenvalue weighted by molar-refractivity contribution is -0.121. The molecule has 1 fully saturated rings. The Labute approximate surface area is 182 Å². The van der Waals surface area contributed by atoms with Crippen LogP contribution in [-0.2, 0) is 4.79 Å². The molecule has 5 heterocycles. The highest BCUT2D eigenvalue weighted by molar-refractivity contribution is 6.02. The first-order valence-electron chi connectivity index (χ1n) is 11.0. The van der Waals surface area contributed by atoms with Gasteiger partial charge < -0.3 is 9.30 Å². The number of amides is 1. The zero-order valence-corrected chi connectivity index (χ0v) is 18.0. The average molecular weight is 414 g/mol. The van der Waals surface area contributed by atoms with E-state index in [2.05, 4.69) is 16.8 Å². The van der Waals surface area contributed by atoms with Crippen molar-refractivity contribution in [3.63, 3.8) is 0 Å². The van der Waals surface area contributed by atoms with Crippen LogP contribution in [0.4, 0.5) is 0 Å². The van der Waals surface area contributed by atoms with Crippen LogP contribution in [0.25, 0.3) is 11.2 Å². The maximum atomic E-state index is 13.2. The van der Waals surface area contributed by atoms with Crippen LogP contribution in [-0.4, -0.2) is 50.9 Å². The summed E-state index contributed by atoms with van der Waals surface area (Å²) in [4.78, 5) is 26.6. The maximum absolute atomic E-state index is 13.2. The molecule has 6 heteroatoms. The van der Waals surface area contributed by atoms with Crippen molar-refractivity contribution in [3.05, 3.63) is 77.7 Å². The lowest BCUT2D eigenvalue weighted by Crippen LogP contribution is -2.35. The highest BCUT2D eigenvalue weighted by Gasteiger charge is 2.26. The van der Waals surface area contributed by atoms with E-state index >= 15 is 0 Å². The molecule has 0 unspecified atom stereocenters. The molecule has 0 aromatic carbocycles. The molecule has 0 radical (unpaired) electrons. The van der Waals surface area contributed by atoms with Crippen molar-refractivity contribution in [1.29, 1.82) is 0 Å². The third kappa shape index (κ3) is 3.91. The van der Waals surface area contributed by atoms with Gasteiger partial charge >= 0.3 is 0 Å². The largest absolute Gasteiger partial charge is 0.306 e. The molecule has 0 spiro atoms. The minimum atomic E-state index is -0.0536. The summed E-state index contributed by atoms with van der Waals surface area (Å²) in [7, 11) is 0. The maximum Gasteiger partial charge on any atom is 0.255 e. The van der Waals surface area contributed by atoms with Crippen molar-refractivity contribution < 1.29 is 4.79 Å². The molecule has 0 atom stereocenters. The number of rotatable bonds is 3. The molecule has 0 saturated carbocycles. The summed E-state index contributed by atoms with van der Waals surface area (Å²) in [5.74, 6) is 0.354. The van der Waals surface area contributed by atoms with E-state index in [4.69, 9.17) is 4.99 Å². The van der Waals surface area contributed by atoms with Crippen LogP contribution in [0.15, 0.2) is 71.4 Å². The van der Waals surface area contributed by atoms with Crippen LogP contribution < -0.4 is 0 Å². The number of imidazole rings is 1. The second-order valence-electron chi connectivity index (χ2n) is 8.34. The monoisotopic (exact) mass is 413 g/mol. The Morgan fingerprint density at radius 1 is 1.16 bits per heavy atom. The van der Waals surface area contributed by atoms with Gasteiger partial charge in [0, 0.05) is 30.6 Å². The minimum absolute atomic E-state index is 0.0536. The highest BCUT2D eigenvalue weighted by atomic mass is 16.2. The predicted molar refractivity (Wildman–Crippen MR) is 123 cm³/mol. The number of aromatic nitrogens is 2. The first-order valence-corrected chi connectivity index (χ1v) is 11.0. The molecule has 1 saturated heterocycles. The van der Waals surface area contributed by atoms with Crippen LogP contribution in [0, 0.1) is 12.8 Å². The fourth-order valence-corrected chi connectivity index (χ4v) is 4.48. The average Bonchev–Trinajstić information content (AvgIpc) is 3.16. The molecule has 0 aliphatic carbocycles. The van der Waals surface area contributed by atoms with Gasteiger partial charge in [0.25, 0.3) is 5.91 Å². The van der Waals surface area contributed by atoms with Crippen molar-refractivity contribution >= 4 is 23.3 Å². The van der Waals surface area contributed by atoms with Crippen LogP contribution in [0.3, 0.4) is 0 Å². The summed E-state index contributed by atoms with van der Waals surface area (Å²) in [6.07, 6.45) is 17.6. The quantitative estimate of drug-likeness (QED) is 0.765. The van der Waals surface area contributed by atoms with Crippen molar-refractivity contribution in [2.24, 2.45) is 10.9 Å². The SMILES string of the molecule is CCN1CCC(C2=CN3C(=O)\C=C(c4ccc5nc(C)cn5c4)/C=C/C=C/3C=N2)CC1. The number of hydrogen-bond acceptors (Lipinski definition) is 4. The van der Waals surface area contributed by atoms with Gasteiger partial charge in [0.05, 0.1) is 23.3 Å². The number of pyridine rings is 1. The van der Waals surface area contributed by atoms with E-state index in [1.54, 1.807) is 11.0 Å². The van der Waals surface area contributed by atoms with Crippen LogP contribution in [0.5, 0.6) is 0 Å². The van der Waals surface area contributed by atoms with Gasteiger partial charge in [-0.2, -0.15) is 0 Å². The normalized spacial score (nSPS) is 24.6. The van der Waals surface area contributed by atoms with Gasteiger partial charge in [-0.15, -0.1) is 0 Å².